The van der Waals surface area contributed by atoms with Crippen molar-refractivity contribution in [2.45, 2.75) is 6.42 Å². The second-order valence-corrected chi connectivity index (χ2v) is 4.88. The first-order chi connectivity index (χ1) is 10.1. The van der Waals surface area contributed by atoms with Crippen LogP contribution in [0.4, 0.5) is 5.69 Å². The zero-order chi connectivity index (χ0) is 15.2. The van der Waals surface area contributed by atoms with Crippen LogP contribution in [0.1, 0.15) is 15.9 Å². The lowest BCUT2D eigenvalue weighted by Crippen LogP contribution is -2.09. The van der Waals surface area contributed by atoms with E-state index in [-0.39, 0.29) is 6.61 Å². The molecule has 0 aromatic heterocycles. The van der Waals surface area contributed by atoms with Crippen molar-refractivity contribution in [1.82, 2.24) is 0 Å². The maximum absolute atomic E-state index is 11.9. The molecule has 2 aromatic carbocycles. The average molecular weight is 306 g/mol. The summed E-state index contributed by atoms with van der Waals surface area (Å²) in [7, 11) is 1.62. The molecule has 0 bridgehead atoms. The fourth-order valence-corrected chi connectivity index (χ4v) is 2.09. The summed E-state index contributed by atoms with van der Waals surface area (Å²) in [6.45, 7) is 0.284. The quantitative estimate of drug-likeness (QED) is 0.680. The Morgan fingerprint density at radius 3 is 2.52 bits per heavy atom. The highest BCUT2D eigenvalue weighted by Gasteiger charge is 2.11. The number of benzene rings is 2. The van der Waals surface area contributed by atoms with Crippen LogP contribution in [0.25, 0.3) is 0 Å². The highest BCUT2D eigenvalue weighted by molar-refractivity contribution is 6.33. The minimum absolute atomic E-state index is 0.284. The molecular formula is C16H16ClNO3. The molecule has 0 heterocycles. The molecule has 0 saturated carbocycles. The van der Waals surface area contributed by atoms with Gasteiger partial charge in [0.15, 0.2) is 0 Å². The number of esters is 1. The fraction of sp³-hybridized carbons (Fsp3) is 0.188. The molecule has 0 unspecified atom stereocenters. The van der Waals surface area contributed by atoms with Crippen LogP contribution in [0, 0.1) is 0 Å². The van der Waals surface area contributed by atoms with Crippen molar-refractivity contribution in [3.63, 3.8) is 0 Å². The Kier molecular flexibility index (Phi) is 5.06. The van der Waals surface area contributed by atoms with Gasteiger partial charge in [-0.3, -0.25) is 0 Å². The normalized spacial score (nSPS) is 10.2. The molecule has 2 N–H and O–H groups in total. The molecule has 0 aliphatic heterocycles. The van der Waals surface area contributed by atoms with Gasteiger partial charge in [-0.05, 0) is 35.9 Å². The minimum Gasteiger partial charge on any atom is -0.497 e. The van der Waals surface area contributed by atoms with E-state index in [0.29, 0.717) is 22.7 Å². The number of hydrogen-bond donors (Lipinski definition) is 1. The van der Waals surface area contributed by atoms with E-state index in [9.17, 15) is 4.79 Å². The lowest BCUT2D eigenvalue weighted by atomic mass is 10.1. The summed E-state index contributed by atoms with van der Waals surface area (Å²) in [4.78, 5) is 11.9. The topological polar surface area (TPSA) is 61.5 Å². The number of nitrogen functional groups attached to an aromatic ring is 1. The van der Waals surface area contributed by atoms with Gasteiger partial charge in [0.25, 0.3) is 0 Å². The van der Waals surface area contributed by atoms with Gasteiger partial charge in [-0.1, -0.05) is 23.7 Å². The van der Waals surface area contributed by atoms with Gasteiger partial charge in [-0.2, -0.15) is 0 Å². The third kappa shape index (κ3) is 4.13. The van der Waals surface area contributed by atoms with Crippen LogP contribution in [0.15, 0.2) is 42.5 Å². The molecule has 2 aromatic rings. The smallest absolute Gasteiger partial charge is 0.339 e. The summed E-state index contributed by atoms with van der Waals surface area (Å²) in [6.07, 6.45) is 0.627. The Bertz CT molecular complexity index is 626. The Morgan fingerprint density at radius 2 is 1.90 bits per heavy atom. The Morgan fingerprint density at radius 1 is 1.19 bits per heavy atom. The molecule has 0 saturated heterocycles. The Balaban J connectivity index is 1.88. The van der Waals surface area contributed by atoms with E-state index >= 15 is 0 Å². The standard InChI is InChI=1S/C16H16ClNO3/c1-20-13-5-2-11(3-6-13)8-9-21-16(19)14-7-4-12(18)10-15(14)17/h2-7,10H,8-9,18H2,1H3. The number of carbonyl (C=O) groups is 1. The van der Waals surface area contributed by atoms with Gasteiger partial charge in [0.05, 0.1) is 24.3 Å². The number of rotatable bonds is 5. The van der Waals surface area contributed by atoms with Crippen molar-refractivity contribution in [2.75, 3.05) is 19.5 Å². The first-order valence-corrected chi connectivity index (χ1v) is 6.83. The molecule has 0 amide bonds. The van der Waals surface area contributed by atoms with E-state index in [1.165, 1.54) is 6.07 Å². The summed E-state index contributed by atoms with van der Waals surface area (Å²) in [5, 5.41) is 0.296. The number of nitrogens with two attached hydrogens (primary N) is 1. The highest BCUT2D eigenvalue weighted by Crippen LogP contribution is 2.20. The first-order valence-electron chi connectivity index (χ1n) is 6.45. The van der Waals surface area contributed by atoms with Crippen molar-refractivity contribution < 1.29 is 14.3 Å². The lowest BCUT2D eigenvalue weighted by Gasteiger charge is -2.07. The van der Waals surface area contributed by atoms with Crippen LogP contribution >= 0.6 is 11.6 Å². The van der Waals surface area contributed by atoms with Gasteiger partial charge < -0.3 is 15.2 Å². The van der Waals surface area contributed by atoms with Crippen molar-refractivity contribution in [3.05, 3.63) is 58.6 Å². The second-order valence-electron chi connectivity index (χ2n) is 4.47. The molecular weight excluding hydrogens is 290 g/mol. The van der Waals surface area contributed by atoms with Crippen LogP contribution in [0.3, 0.4) is 0 Å². The Labute approximate surface area is 128 Å². The van der Waals surface area contributed by atoms with Crippen LogP contribution in [-0.4, -0.2) is 19.7 Å². The van der Waals surface area contributed by atoms with Gasteiger partial charge in [0, 0.05) is 12.1 Å². The molecule has 0 aliphatic carbocycles. The maximum Gasteiger partial charge on any atom is 0.339 e. The van der Waals surface area contributed by atoms with Crippen molar-refractivity contribution in [3.8, 4) is 5.75 Å². The maximum atomic E-state index is 11.9. The van der Waals surface area contributed by atoms with Crippen molar-refractivity contribution >= 4 is 23.3 Å². The molecule has 110 valence electrons. The third-order valence-corrected chi connectivity index (χ3v) is 3.31. The van der Waals surface area contributed by atoms with E-state index in [1.54, 1.807) is 19.2 Å². The van der Waals surface area contributed by atoms with Crippen molar-refractivity contribution in [2.24, 2.45) is 0 Å². The van der Waals surface area contributed by atoms with E-state index in [0.717, 1.165) is 11.3 Å². The summed E-state index contributed by atoms with van der Waals surface area (Å²) >= 11 is 5.96. The summed E-state index contributed by atoms with van der Waals surface area (Å²) in [6, 6.07) is 12.3. The number of methoxy groups -OCH3 is 1. The van der Waals surface area contributed by atoms with Gasteiger partial charge >= 0.3 is 5.97 Å². The molecule has 0 atom stereocenters. The second kappa shape index (κ2) is 6.99. The predicted octanol–water partition coefficient (Wildman–Crippen LogP) is 3.33. The lowest BCUT2D eigenvalue weighted by molar-refractivity contribution is 0.0509. The van der Waals surface area contributed by atoms with Gasteiger partial charge in [-0.25, -0.2) is 4.79 Å². The zero-order valence-corrected chi connectivity index (χ0v) is 12.4. The van der Waals surface area contributed by atoms with Gasteiger partial charge in [0.1, 0.15) is 5.75 Å². The first kappa shape index (κ1) is 15.2. The molecule has 0 aliphatic rings. The summed E-state index contributed by atoms with van der Waals surface area (Å²) in [5.41, 5.74) is 7.47. The number of ether oxygens (including phenoxy) is 2. The molecule has 0 fully saturated rings. The van der Waals surface area contributed by atoms with Gasteiger partial charge in [0.2, 0.25) is 0 Å². The van der Waals surface area contributed by atoms with Crippen LogP contribution in [0.2, 0.25) is 5.02 Å². The van der Waals surface area contributed by atoms with E-state index < -0.39 is 5.97 Å². The highest BCUT2D eigenvalue weighted by atomic mass is 35.5. The van der Waals surface area contributed by atoms with Gasteiger partial charge in [-0.15, -0.1) is 0 Å². The SMILES string of the molecule is COc1ccc(CCOC(=O)c2ccc(N)cc2Cl)cc1. The minimum atomic E-state index is -0.450. The molecule has 2 rings (SSSR count). The number of anilines is 1. The molecule has 0 radical (unpaired) electrons. The molecule has 5 heteroatoms. The average Bonchev–Trinajstić information content (AvgIpc) is 2.47. The fourth-order valence-electron chi connectivity index (χ4n) is 1.83. The number of hydrogen-bond acceptors (Lipinski definition) is 4. The van der Waals surface area contributed by atoms with E-state index in [4.69, 9.17) is 26.8 Å². The van der Waals surface area contributed by atoms with E-state index in [1.807, 2.05) is 24.3 Å². The molecule has 21 heavy (non-hydrogen) atoms. The molecule has 0 spiro atoms. The number of carbonyl (C=O) groups excluding carboxylic acids is 1. The van der Waals surface area contributed by atoms with E-state index in [2.05, 4.69) is 0 Å². The number of halogens is 1. The monoisotopic (exact) mass is 305 g/mol. The van der Waals surface area contributed by atoms with Crippen LogP contribution < -0.4 is 10.5 Å². The largest absolute Gasteiger partial charge is 0.497 e. The van der Waals surface area contributed by atoms with Crippen LogP contribution in [0.5, 0.6) is 5.75 Å². The third-order valence-electron chi connectivity index (χ3n) is 3.00. The Hall–Kier alpha value is -2.20. The molecule has 4 nitrogen and oxygen atoms in total. The van der Waals surface area contributed by atoms with Crippen LogP contribution in [-0.2, 0) is 11.2 Å². The summed E-state index contributed by atoms with van der Waals surface area (Å²) < 4.78 is 10.3. The summed E-state index contributed by atoms with van der Waals surface area (Å²) in [5.74, 6) is 0.345. The van der Waals surface area contributed by atoms with Crippen molar-refractivity contribution in [1.29, 1.82) is 0 Å². The predicted molar refractivity (Wildman–Crippen MR) is 82.8 cm³/mol. The zero-order valence-electron chi connectivity index (χ0n) is 11.6.